The average molecular weight is 1690 g/mol. The molecule has 9 heterocycles. The average Bonchev–Trinajstić information content (AvgIpc) is 0.750. The number of aliphatic hydroxyl groups is 27. The first-order chi connectivity index (χ1) is 54.2. The number of carbonyl (C=O) groups is 4. The van der Waals surface area contributed by atoms with Crippen LogP contribution in [0.1, 0.15) is 27.2 Å². The molecule has 0 radical (unpaired) electrons. The molecular formula is C63H105N3O49. The molecule has 9 rings (SSSR count). The second-order valence-electron chi connectivity index (χ2n) is 28.9. The van der Waals surface area contributed by atoms with Crippen LogP contribution in [0.2, 0.25) is 0 Å². The molecule has 52 heteroatoms. The molecule has 9 aliphatic heterocycles. The highest BCUT2D eigenvalue weighted by Gasteiger charge is 2.63. The predicted molar refractivity (Wildman–Crippen MR) is 349 cm³/mol. The van der Waals surface area contributed by atoms with Gasteiger partial charge in [-0.05, 0) is 0 Å². The van der Waals surface area contributed by atoms with Crippen LogP contribution in [0.25, 0.3) is 0 Å². The van der Waals surface area contributed by atoms with E-state index in [4.69, 9.17) is 80.5 Å². The van der Waals surface area contributed by atoms with Gasteiger partial charge in [0.05, 0.1) is 71.6 Å². The van der Waals surface area contributed by atoms with Gasteiger partial charge in [0.15, 0.2) is 50.3 Å². The van der Waals surface area contributed by atoms with Crippen molar-refractivity contribution in [3.05, 3.63) is 0 Å². The molecule has 46 atom stereocenters. The summed E-state index contributed by atoms with van der Waals surface area (Å²) in [5.74, 6) is -8.25. The van der Waals surface area contributed by atoms with E-state index >= 15 is 0 Å². The number of carboxylic acids is 1. The van der Waals surface area contributed by atoms with Crippen molar-refractivity contribution in [2.24, 2.45) is 0 Å². The summed E-state index contributed by atoms with van der Waals surface area (Å²) in [6.45, 7) is -7.42. The molecule has 0 aromatic carbocycles. The Balaban J connectivity index is 1.01. The maximum atomic E-state index is 13.2. The number of amides is 3. The number of carboxylic acid groups (broad SMARTS) is 1. The van der Waals surface area contributed by atoms with Gasteiger partial charge in [0.1, 0.15) is 214 Å². The molecule has 31 N–H and O–H groups in total. The number of aliphatic carboxylic acids is 1. The van der Waals surface area contributed by atoms with Gasteiger partial charge in [-0.25, -0.2) is 4.79 Å². The van der Waals surface area contributed by atoms with Crippen LogP contribution < -0.4 is 16.0 Å². The summed E-state index contributed by atoms with van der Waals surface area (Å²) in [6.07, 6.45) is -92.6. The lowest BCUT2D eigenvalue weighted by Crippen LogP contribution is -2.71. The molecule has 666 valence electrons. The van der Waals surface area contributed by atoms with Gasteiger partial charge in [0.25, 0.3) is 5.79 Å². The Kier molecular flexibility index (Phi) is 33.7. The van der Waals surface area contributed by atoms with Gasteiger partial charge in [0.2, 0.25) is 17.7 Å². The van der Waals surface area contributed by atoms with Crippen LogP contribution in [0.5, 0.6) is 0 Å². The molecule has 9 aliphatic rings. The van der Waals surface area contributed by atoms with Crippen molar-refractivity contribution in [1.29, 1.82) is 0 Å². The van der Waals surface area contributed by atoms with Crippen molar-refractivity contribution < 1.29 is 243 Å². The Morgan fingerprint density at radius 3 is 1.19 bits per heavy atom. The van der Waals surface area contributed by atoms with Gasteiger partial charge < -0.3 is 239 Å². The minimum atomic E-state index is -3.30. The van der Waals surface area contributed by atoms with Crippen molar-refractivity contribution >= 4 is 23.7 Å². The monoisotopic (exact) mass is 1690 g/mol. The van der Waals surface area contributed by atoms with E-state index in [1.807, 2.05) is 0 Å². The summed E-state index contributed by atoms with van der Waals surface area (Å²) in [6, 6.07) is -5.64. The molecule has 1 unspecified atom stereocenters. The van der Waals surface area contributed by atoms with Crippen LogP contribution in [0.4, 0.5) is 0 Å². The maximum Gasteiger partial charge on any atom is 0.364 e. The molecular weight excluding hydrogens is 1580 g/mol. The number of nitrogens with one attached hydrogen (secondary N) is 3. The van der Waals surface area contributed by atoms with Crippen molar-refractivity contribution in [3.63, 3.8) is 0 Å². The van der Waals surface area contributed by atoms with Crippen LogP contribution in [-0.2, 0) is 99.7 Å². The zero-order chi connectivity index (χ0) is 85.0. The molecule has 0 saturated carbocycles. The van der Waals surface area contributed by atoms with E-state index in [2.05, 4.69) is 16.0 Å². The van der Waals surface area contributed by atoms with Gasteiger partial charge in [-0.3, -0.25) is 14.4 Å². The molecule has 3 amide bonds. The Morgan fingerprint density at radius 1 is 0.357 bits per heavy atom. The summed E-state index contributed by atoms with van der Waals surface area (Å²) in [5, 5.41) is 316. The van der Waals surface area contributed by atoms with Gasteiger partial charge >= 0.3 is 5.97 Å². The van der Waals surface area contributed by atoms with E-state index in [9.17, 15) is 162 Å². The predicted octanol–water partition coefficient (Wildman–Crippen LogP) is -21.0. The van der Waals surface area contributed by atoms with Crippen molar-refractivity contribution in [3.8, 4) is 0 Å². The minimum Gasteiger partial charge on any atom is -0.477 e. The number of hydrogen-bond donors (Lipinski definition) is 31. The molecule has 0 bridgehead atoms. The highest BCUT2D eigenvalue weighted by molar-refractivity contribution is 5.77. The van der Waals surface area contributed by atoms with Gasteiger partial charge in [0, 0.05) is 27.2 Å². The molecule has 9 fully saturated rings. The number of ether oxygens (including phenoxy) is 17. The number of carbonyl (C=O) groups excluding carboxylic acids is 3. The molecule has 9 saturated heterocycles. The fraction of sp³-hybridized carbons (Fsp3) is 0.937. The van der Waals surface area contributed by atoms with Crippen LogP contribution in [-0.4, -0.2) is 508 Å². The Hall–Kier alpha value is -3.88. The first kappa shape index (κ1) is 95.0. The summed E-state index contributed by atoms with van der Waals surface area (Å²) in [4.78, 5) is 50.9. The van der Waals surface area contributed by atoms with Gasteiger partial charge in [-0.15, -0.1) is 0 Å². The molecule has 52 nitrogen and oxygen atoms in total. The third-order valence-corrected chi connectivity index (χ3v) is 20.9. The number of aliphatic hydroxyl groups excluding tert-OH is 27. The van der Waals surface area contributed by atoms with E-state index in [1.165, 1.54) is 0 Å². The Bertz CT molecular complexity index is 3080. The highest BCUT2D eigenvalue weighted by atomic mass is 16.8. The summed E-state index contributed by atoms with van der Waals surface area (Å²) < 4.78 is 98.8. The quantitative estimate of drug-likeness (QED) is 0.0306. The van der Waals surface area contributed by atoms with Gasteiger partial charge in [-0.1, -0.05) is 0 Å². The largest absolute Gasteiger partial charge is 0.477 e. The first-order valence-corrected chi connectivity index (χ1v) is 36.3. The van der Waals surface area contributed by atoms with Crippen LogP contribution >= 0.6 is 0 Å². The maximum absolute atomic E-state index is 13.2. The summed E-state index contributed by atoms with van der Waals surface area (Å²) >= 11 is 0. The molecule has 0 aromatic heterocycles. The standard InChI is InChI=1S/C63H105N3O49/c1-14(74)64-27-17(77)4-63(62(97)98,114-49(27)30(79)18(78)5-67)115-52-34(83)22(9-71)104-60(46(52)95)110-48-24(11-73)106-55(29(38(48)87)66-16(3)76)113-53-41(90)33(82)21(8-70)105-61(53)112-51-36(85)26(108-59(45(51)94)109-47-23(10-72)101-54(96)28(37(47)86)65-15(2)75)13-100-57-44(93)50(111-58-43(92)40(89)32(81)20(7-69)103-58)35(84)25(107-57)12-99-56-42(91)39(88)31(80)19(6-68)102-56/h17-61,67-73,77-96H,4-13H2,1-3H3,(H,64,74)(H,65,75)(H,66,76)(H,97,98)/t17-,18+,19+,20+,21+,22+,23+,24+,25+,26+,27+,28+,29+,30+,31+,32+,33+,34-,35+,36+,37+,38+,39-,40-,41-,42-,43-,44-,45-,46+,47+,48+,49+,50-,51-,52-,53-,54?,55-,56-,57-,58+,59-,60-,61+,63-/m0/s1. The number of hydrogen-bond acceptors (Lipinski definition) is 48. The lowest BCUT2D eigenvalue weighted by molar-refractivity contribution is -0.399. The van der Waals surface area contributed by atoms with E-state index < -0.39 is 371 Å². The Labute approximate surface area is 649 Å². The second kappa shape index (κ2) is 40.9. The van der Waals surface area contributed by atoms with Crippen LogP contribution in [0.15, 0.2) is 0 Å². The lowest BCUT2D eigenvalue weighted by Gasteiger charge is -2.51. The van der Waals surface area contributed by atoms with Crippen molar-refractivity contribution in [1.82, 2.24) is 16.0 Å². The Morgan fingerprint density at radius 2 is 0.704 bits per heavy atom. The zero-order valence-electron chi connectivity index (χ0n) is 61.1. The topological polar surface area (TPSA) is 828 Å². The van der Waals surface area contributed by atoms with Crippen molar-refractivity contribution in [2.45, 2.75) is 309 Å². The van der Waals surface area contributed by atoms with E-state index in [-0.39, 0.29) is 0 Å². The molecule has 0 spiro atoms. The fourth-order valence-electron chi connectivity index (χ4n) is 14.7. The SMILES string of the molecule is CC(=O)N[C@H]1[C@H](O[C@@H]2[C@@H](O[C@@H]3[C@H](O)[C@H](O[C@H]4[C@H](O)[C@@H](NC(C)=O)C(O)O[C@@H]4CO)O[C@H](CO[C@H]4O[C@H](CO[C@H]5O[C@H](CO)[C@@H](O)[C@H](O)[C@@H]5O)[C@@H](O)[C@H](O[C@H]5O[C@H](CO)[C@@H](O)[C@H](O)[C@@H]5O)[C@@H]4O)[C@H]3O)O[C@H](CO)[C@@H](O)[C@@H]2O)O[C@H](CO)[C@@H](O[C@@H]2O[C@H](CO)[C@H](O)[C@H](O[C@]3(C(=O)O)C[C@H](O)[C@@H](NC(C)=O)[C@H]([C@H](O)[C@H](O)CO)O3)[C@H]2O)[C@@H]1O. The lowest BCUT2D eigenvalue weighted by atomic mass is 9.88. The zero-order valence-corrected chi connectivity index (χ0v) is 61.1. The smallest absolute Gasteiger partial charge is 0.364 e. The summed E-state index contributed by atoms with van der Waals surface area (Å²) in [7, 11) is 0. The first-order valence-electron chi connectivity index (χ1n) is 36.3. The van der Waals surface area contributed by atoms with Gasteiger partial charge in [-0.2, -0.15) is 0 Å². The van der Waals surface area contributed by atoms with E-state index in [0.717, 1.165) is 20.8 Å². The van der Waals surface area contributed by atoms with Crippen molar-refractivity contribution in [2.75, 3.05) is 59.5 Å². The molecule has 0 aromatic rings. The van der Waals surface area contributed by atoms with E-state index in [0.29, 0.717) is 0 Å². The fourth-order valence-corrected chi connectivity index (χ4v) is 14.7. The second-order valence-corrected chi connectivity index (χ2v) is 28.9. The minimum absolute atomic E-state index is 0.868. The third-order valence-electron chi connectivity index (χ3n) is 20.9. The van der Waals surface area contributed by atoms with Crippen LogP contribution in [0.3, 0.4) is 0 Å². The third kappa shape index (κ3) is 20.7. The molecule has 0 aliphatic carbocycles. The highest BCUT2D eigenvalue weighted by Crippen LogP contribution is 2.42. The molecule has 115 heavy (non-hydrogen) atoms. The summed E-state index contributed by atoms with van der Waals surface area (Å²) in [5.41, 5.74) is 0. The van der Waals surface area contributed by atoms with Crippen LogP contribution in [0, 0.1) is 0 Å². The normalized spacial score (nSPS) is 48.6. The van der Waals surface area contributed by atoms with E-state index in [1.54, 1.807) is 0 Å². The number of rotatable bonds is 31.